The summed E-state index contributed by atoms with van der Waals surface area (Å²) in [6.07, 6.45) is 3.31. The molecule has 1 N–H and O–H groups in total. The third-order valence-electron chi connectivity index (χ3n) is 3.68. The Morgan fingerprint density at radius 3 is 2.91 bits per heavy atom. The number of carbonyl (C=O) groups excluding carboxylic acids is 2. The van der Waals surface area contributed by atoms with Crippen LogP contribution in [0.25, 0.3) is 0 Å². The number of nitrogens with zero attached hydrogens (tertiary/aromatic N) is 3. The Labute approximate surface area is 136 Å². The molecule has 3 rings (SSSR count). The molecule has 0 aliphatic carbocycles. The number of hydrogen-bond donors (Lipinski definition) is 1. The Morgan fingerprint density at radius 2 is 2.26 bits per heavy atom. The van der Waals surface area contributed by atoms with Crippen LogP contribution in [0.5, 0.6) is 0 Å². The Balaban J connectivity index is 1.71. The van der Waals surface area contributed by atoms with Gasteiger partial charge in [0.15, 0.2) is 0 Å². The van der Waals surface area contributed by atoms with Crippen LogP contribution < -0.4 is 10.2 Å². The molecule has 0 bridgehead atoms. The van der Waals surface area contributed by atoms with Crippen molar-refractivity contribution in [3.8, 4) is 0 Å². The van der Waals surface area contributed by atoms with E-state index in [1.807, 2.05) is 0 Å². The van der Waals surface area contributed by atoms with Crippen molar-refractivity contribution >= 4 is 34.8 Å². The third kappa shape index (κ3) is 3.19. The Hall–Kier alpha value is -2.41. The summed E-state index contributed by atoms with van der Waals surface area (Å²) in [5.41, 5.74) is 1.06. The number of hydrogen-bond acceptors (Lipinski definition) is 3. The molecule has 0 saturated carbocycles. The normalized spacial score (nSPS) is 17.6. The van der Waals surface area contributed by atoms with E-state index in [9.17, 15) is 14.0 Å². The predicted molar refractivity (Wildman–Crippen MR) is 83.7 cm³/mol. The number of aromatic nitrogens is 2. The van der Waals surface area contributed by atoms with Gasteiger partial charge in [-0.2, -0.15) is 5.10 Å². The molecule has 1 saturated heterocycles. The van der Waals surface area contributed by atoms with Gasteiger partial charge in [0.05, 0.1) is 22.8 Å². The van der Waals surface area contributed by atoms with E-state index in [0.717, 1.165) is 0 Å². The molecule has 8 heteroatoms. The number of benzene rings is 1. The number of aryl methyl sites for hydroxylation is 1. The van der Waals surface area contributed by atoms with Crippen LogP contribution in [-0.4, -0.2) is 28.1 Å². The molecule has 1 aromatic carbocycles. The molecule has 1 aliphatic heterocycles. The Kier molecular flexibility index (Phi) is 4.04. The number of amides is 2. The first-order chi connectivity index (χ1) is 10.9. The van der Waals surface area contributed by atoms with Gasteiger partial charge in [0.2, 0.25) is 11.8 Å². The van der Waals surface area contributed by atoms with Crippen LogP contribution in [0.15, 0.2) is 30.6 Å². The summed E-state index contributed by atoms with van der Waals surface area (Å²) in [5, 5.41) is 6.64. The molecule has 1 fully saturated rings. The van der Waals surface area contributed by atoms with E-state index in [-0.39, 0.29) is 29.8 Å². The van der Waals surface area contributed by atoms with Gasteiger partial charge in [-0.1, -0.05) is 11.6 Å². The second-order valence-electron chi connectivity index (χ2n) is 5.40. The fraction of sp³-hybridized carbons (Fsp3) is 0.267. The molecular formula is C15H14ClFN4O2. The van der Waals surface area contributed by atoms with Crippen LogP contribution in [0.1, 0.15) is 6.42 Å². The fourth-order valence-electron chi connectivity index (χ4n) is 2.52. The van der Waals surface area contributed by atoms with Crippen molar-refractivity contribution in [3.05, 3.63) is 41.4 Å². The van der Waals surface area contributed by atoms with Crippen molar-refractivity contribution in [2.45, 2.75) is 6.42 Å². The molecule has 6 nitrogen and oxygen atoms in total. The first-order valence-electron chi connectivity index (χ1n) is 6.99. The average molecular weight is 337 g/mol. The Bertz CT molecular complexity index is 777. The summed E-state index contributed by atoms with van der Waals surface area (Å²) in [6.45, 7) is 0.229. The minimum absolute atomic E-state index is 0.0569. The largest absolute Gasteiger partial charge is 0.323 e. The van der Waals surface area contributed by atoms with Crippen molar-refractivity contribution in [1.29, 1.82) is 0 Å². The second-order valence-corrected chi connectivity index (χ2v) is 5.80. The van der Waals surface area contributed by atoms with E-state index in [0.29, 0.717) is 11.4 Å². The van der Waals surface area contributed by atoms with Gasteiger partial charge in [-0.15, -0.1) is 0 Å². The standard InChI is InChI=1S/C15H14ClFN4O2/c1-20-8-10(6-18-20)19-15(23)9-4-14(22)21(7-9)11-2-3-13(17)12(16)5-11/h2-3,5-6,8-9H,4,7H2,1H3,(H,19,23)/t9-/m0/s1. The lowest BCUT2D eigenvalue weighted by Crippen LogP contribution is -2.28. The summed E-state index contributed by atoms with van der Waals surface area (Å²) >= 11 is 5.75. The maximum atomic E-state index is 13.2. The summed E-state index contributed by atoms with van der Waals surface area (Å²) in [5.74, 6) is -1.47. The van der Waals surface area contributed by atoms with Gasteiger partial charge in [-0.25, -0.2) is 4.39 Å². The second kappa shape index (κ2) is 6.00. The van der Waals surface area contributed by atoms with Crippen molar-refractivity contribution in [1.82, 2.24) is 9.78 Å². The zero-order valence-electron chi connectivity index (χ0n) is 12.3. The van der Waals surface area contributed by atoms with Gasteiger partial charge in [-0.3, -0.25) is 14.3 Å². The first kappa shape index (κ1) is 15.5. The number of anilines is 2. The predicted octanol–water partition coefficient (Wildman–Crippen LogP) is 2.20. The van der Waals surface area contributed by atoms with Crippen LogP contribution in [0.2, 0.25) is 5.02 Å². The summed E-state index contributed by atoms with van der Waals surface area (Å²) < 4.78 is 14.8. The molecule has 120 valence electrons. The van der Waals surface area contributed by atoms with Crippen LogP contribution in [0.3, 0.4) is 0 Å². The number of rotatable bonds is 3. The highest BCUT2D eigenvalue weighted by Crippen LogP contribution is 2.29. The van der Waals surface area contributed by atoms with Crippen molar-refractivity contribution < 1.29 is 14.0 Å². The maximum absolute atomic E-state index is 13.2. The SMILES string of the molecule is Cn1cc(NC(=O)[C@H]2CC(=O)N(c3ccc(F)c(Cl)c3)C2)cn1. The summed E-state index contributed by atoms with van der Waals surface area (Å²) in [4.78, 5) is 25.8. The summed E-state index contributed by atoms with van der Waals surface area (Å²) in [7, 11) is 1.74. The lowest BCUT2D eigenvalue weighted by atomic mass is 10.1. The van der Waals surface area contributed by atoms with Crippen molar-refractivity contribution in [2.75, 3.05) is 16.8 Å². The van der Waals surface area contributed by atoms with Gasteiger partial charge in [-0.05, 0) is 18.2 Å². The summed E-state index contributed by atoms with van der Waals surface area (Å²) in [6, 6.07) is 4.06. The quantitative estimate of drug-likeness (QED) is 0.934. The smallest absolute Gasteiger partial charge is 0.229 e. The van der Waals surface area contributed by atoms with Crippen LogP contribution in [0, 0.1) is 11.7 Å². The first-order valence-corrected chi connectivity index (χ1v) is 7.37. The minimum Gasteiger partial charge on any atom is -0.323 e. The number of nitrogens with one attached hydrogen (secondary N) is 1. The number of halogens is 2. The van der Waals surface area contributed by atoms with E-state index < -0.39 is 11.7 Å². The zero-order chi connectivity index (χ0) is 16.6. The number of carbonyl (C=O) groups is 2. The van der Waals surface area contributed by atoms with Crippen LogP contribution in [-0.2, 0) is 16.6 Å². The molecule has 2 heterocycles. The molecule has 0 radical (unpaired) electrons. The van der Waals surface area contributed by atoms with Crippen molar-refractivity contribution in [2.24, 2.45) is 13.0 Å². The van der Waals surface area contributed by atoms with E-state index >= 15 is 0 Å². The maximum Gasteiger partial charge on any atom is 0.229 e. The molecule has 0 unspecified atom stereocenters. The highest BCUT2D eigenvalue weighted by atomic mass is 35.5. The van der Waals surface area contributed by atoms with Gasteiger partial charge in [0.1, 0.15) is 5.82 Å². The zero-order valence-corrected chi connectivity index (χ0v) is 13.0. The van der Waals surface area contributed by atoms with Gasteiger partial charge < -0.3 is 10.2 Å². The van der Waals surface area contributed by atoms with Crippen LogP contribution >= 0.6 is 11.6 Å². The lowest BCUT2D eigenvalue weighted by molar-refractivity contribution is -0.122. The monoisotopic (exact) mass is 336 g/mol. The van der Waals surface area contributed by atoms with E-state index in [1.54, 1.807) is 17.9 Å². The van der Waals surface area contributed by atoms with Crippen LogP contribution in [0.4, 0.5) is 15.8 Å². The van der Waals surface area contributed by atoms with Crippen molar-refractivity contribution in [3.63, 3.8) is 0 Å². The highest BCUT2D eigenvalue weighted by molar-refractivity contribution is 6.31. The molecule has 2 aromatic rings. The molecule has 2 amide bonds. The minimum atomic E-state index is -0.548. The molecule has 0 spiro atoms. The molecule has 1 atom stereocenters. The van der Waals surface area contributed by atoms with Gasteiger partial charge >= 0.3 is 0 Å². The van der Waals surface area contributed by atoms with Gasteiger partial charge in [0, 0.05) is 31.9 Å². The topological polar surface area (TPSA) is 67.2 Å². The van der Waals surface area contributed by atoms with E-state index in [4.69, 9.17) is 11.6 Å². The van der Waals surface area contributed by atoms with Gasteiger partial charge in [0.25, 0.3) is 0 Å². The molecule has 23 heavy (non-hydrogen) atoms. The molecular weight excluding hydrogens is 323 g/mol. The lowest BCUT2D eigenvalue weighted by Gasteiger charge is -2.17. The van der Waals surface area contributed by atoms with E-state index in [2.05, 4.69) is 10.4 Å². The highest BCUT2D eigenvalue weighted by Gasteiger charge is 2.35. The molecule has 1 aliphatic rings. The fourth-order valence-corrected chi connectivity index (χ4v) is 2.69. The molecule has 1 aromatic heterocycles. The van der Waals surface area contributed by atoms with E-state index in [1.165, 1.54) is 29.3 Å². The average Bonchev–Trinajstić information content (AvgIpc) is 3.08. The third-order valence-corrected chi connectivity index (χ3v) is 3.97. The Morgan fingerprint density at radius 1 is 1.48 bits per heavy atom.